The largest absolute Gasteiger partial charge is 0.494 e. The molecule has 0 radical (unpaired) electrons. The number of benzene rings is 2. The molecule has 0 aromatic heterocycles. The smallest absolute Gasteiger partial charge is 0.267 e. The summed E-state index contributed by atoms with van der Waals surface area (Å²) in [4.78, 5) is 26.4. The maximum Gasteiger partial charge on any atom is 0.267 e. The van der Waals surface area contributed by atoms with Crippen molar-refractivity contribution in [2.24, 2.45) is 0 Å². The highest BCUT2D eigenvalue weighted by Crippen LogP contribution is 2.33. The van der Waals surface area contributed by atoms with E-state index >= 15 is 0 Å². The standard InChI is InChI=1S/C21H24N2O4/c1-3-26-18-10-6-4-8-16(18)14-22-20(24)12-13-23-17-9-5-7-11-19(17)27-15(2)21(23)25/h4-11,15H,3,12-14H2,1-2H3,(H,22,24). The molecule has 6 heteroatoms. The predicted octanol–water partition coefficient (Wildman–Crippen LogP) is 2.91. The highest BCUT2D eigenvalue weighted by atomic mass is 16.5. The molecule has 1 aliphatic heterocycles. The van der Waals surface area contributed by atoms with Gasteiger partial charge in [-0.3, -0.25) is 9.59 Å². The van der Waals surface area contributed by atoms with E-state index in [-0.39, 0.29) is 18.2 Å². The Morgan fingerprint density at radius 1 is 1.19 bits per heavy atom. The van der Waals surface area contributed by atoms with E-state index in [9.17, 15) is 9.59 Å². The molecule has 2 amide bonds. The normalized spacial score (nSPS) is 15.7. The van der Waals surface area contributed by atoms with Gasteiger partial charge < -0.3 is 19.7 Å². The molecule has 1 heterocycles. The number of fused-ring (bicyclic) bond motifs is 1. The summed E-state index contributed by atoms with van der Waals surface area (Å²) in [5.74, 6) is 1.18. The number of ether oxygens (including phenoxy) is 2. The molecular formula is C21H24N2O4. The molecule has 6 nitrogen and oxygen atoms in total. The summed E-state index contributed by atoms with van der Waals surface area (Å²) >= 11 is 0. The van der Waals surface area contributed by atoms with Crippen LogP contribution in [0, 0.1) is 0 Å². The first-order valence-corrected chi connectivity index (χ1v) is 9.14. The van der Waals surface area contributed by atoms with Crippen molar-refractivity contribution in [3.8, 4) is 11.5 Å². The Morgan fingerprint density at radius 3 is 2.74 bits per heavy atom. The summed E-state index contributed by atoms with van der Waals surface area (Å²) < 4.78 is 11.2. The lowest BCUT2D eigenvalue weighted by Gasteiger charge is -2.32. The van der Waals surface area contributed by atoms with Crippen LogP contribution in [0.4, 0.5) is 5.69 Å². The van der Waals surface area contributed by atoms with E-state index < -0.39 is 6.10 Å². The van der Waals surface area contributed by atoms with Crippen molar-refractivity contribution in [2.45, 2.75) is 32.9 Å². The van der Waals surface area contributed by atoms with Crippen molar-refractivity contribution < 1.29 is 19.1 Å². The number of carbonyl (C=O) groups is 2. The van der Waals surface area contributed by atoms with Crippen LogP contribution >= 0.6 is 0 Å². The number of rotatable bonds is 7. The first-order chi connectivity index (χ1) is 13.1. The number of para-hydroxylation sites is 3. The van der Waals surface area contributed by atoms with Gasteiger partial charge >= 0.3 is 0 Å². The van der Waals surface area contributed by atoms with E-state index in [0.717, 1.165) is 11.3 Å². The van der Waals surface area contributed by atoms with E-state index in [4.69, 9.17) is 9.47 Å². The van der Waals surface area contributed by atoms with E-state index in [1.807, 2.05) is 55.5 Å². The molecule has 1 N–H and O–H groups in total. The minimum Gasteiger partial charge on any atom is -0.494 e. The van der Waals surface area contributed by atoms with Gasteiger partial charge in [0.1, 0.15) is 11.5 Å². The Bertz CT molecular complexity index is 821. The molecule has 27 heavy (non-hydrogen) atoms. The number of hydrogen-bond acceptors (Lipinski definition) is 4. The molecule has 1 atom stereocenters. The molecule has 0 aliphatic carbocycles. The SMILES string of the molecule is CCOc1ccccc1CNC(=O)CCN1C(=O)C(C)Oc2ccccc21. The van der Waals surface area contributed by atoms with E-state index in [1.165, 1.54) is 0 Å². The molecule has 0 spiro atoms. The van der Waals surface area contributed by atoms with Crippen LogP contribution in [-0.4, -0.2) is 31.1 Å². The predicted molar refractivity (Wildman–Crippen MR) is 103 cm³/mol. The Balaban J connectivity index is 1.59. The third-order valence-corrected chi connectivity index (χ3v) is 4.38. The summed E-state index contributed by atoms with van der Waals surface area (Å²) in [5, 5.41) is 2.90. The molecular weight excluding hydrogens is 344 g/mol. The number of nitrogens with one attached hydrogen (secondary N) is 1. The maximum atomic E-state index is 12.4. The highest BCUT2D eigenvalue weighted by Gasteiger charge is 2.31. The zero-order valence-electron chi connectivity index (χ0n) is 15.6. The molecule has 0 fully saturated rings. The second kappa shape index (κ2) is 8.58. The van der Waals surface area contributed by atoms with Crippen molar-refractivity contribution in [3.05, 3.63) is 54.1 Å². The lowest BCUT2D eigenvalue weighted by Crippen LogP contribution is -2.45. The average molecular weight is 368 g/mol. The number of nitrogens with zero attached hydrogens (tertiary/aromatic N) is 1. The number of amides is 2. The molecule has 0 bridgehead atoms. The minimum atomic E-state index is -0.555. The quantitative estimate of drug-likeness (QED) is 0.816. The first-order valence-electron chi connectivity index (χ1n) is 9.14. The summed E-state index contributed by atoms with van der Waals surface area (Å²) in [6.45, 7) is 4.91. The monoisotopic (exact) mass is 368 g/mol. The van der Waals surface area contributed by atoms with Crippen molar-refractivity contribution in [2.75, 3.05) is 18.1 Å². The molecule has 3 rings (SSSR count). The van der Waals surface area contributed by atoms with Crippen LogP contribution in [0.3, 0.4) is 0 Å². The Morgan fingerprint density at radius 2 is 1.93 bits per heavy atom. The van der Waals surface area contributed by atoms with Crippen molar-refractivity contribution in [1.82, 2.24) is 5.32 Å². The number of hydrogen-bond donors (Lipinski definition) is 1. The zero-order chi connectivity index (χ0) is 19.2. The number of anilines is 1. The number of carbonyl (C=O) groups excluding carboxylic acids is 2. The van der Waals surface area contributed by atoms with E-state index in [0.29, 0.717) is 31.1 Å². The van der Waals surface area contributed by atoms with Crippen LogP contribution in [0.15, 0.2) is 48.5 Å². The van der Waals surface area contributed by atoms with Crippen LogP contribution in [0.25, 0.3) is 0 Å². The van der Waals surface area contributed by atoms with Crippen LogP contribution in [0.2, 0.25) is 0 Å². The minimum absolute atomic E-state index is 0.120. The first kappa shape index (κ1) is 18.8. The van der Waals surface area contributed by atoms with Crippen molar-refractivity contribution in [3.63, 3.8) is 0 Å². The Kier molecular flexibility index (Phi) is 5.96. The van der Waals surface area contributed by atoms with Crippen molar-refractivity contribution in [1.29, 1.82) is 0 Å². The maximum absolute atomic E-state index is 12.4. The van der Waals surface area contributed by atoms with E-state index in [2.05, 4.69) is 5.32 Å². The fourth-order valence-electron chi connectivity index (χ4n) is 3.03. The topological polar surface area (TPSA) is 67.9 Å². The van der Waals surface area contributed by atoms with Gasteiger partial charge in [-0.2, -0.15) is 0 Å². The lowest BCUT2D eigenvalue weighted by atomic mass is 10.1. The van der Waals surface area contributed by atoms with Gasteiger partial charge in [0.05, 0.1) is 12.3 Å². The summed E-state index contributed by atoms with van der Waals surface area (Å²) in [7, 11) is 0. The van der Waals surface area contributed by atoms with Gasteiger partial charge in [0, 0.05) is 25.1 Å². The van der Waals surface area contributed by atoms with Gasteiger partial charge in [0.25, 0.3) is 5.91 Å². The van der Waals surface area contributed by atoms with E-state index in [1.54, 1.807) is 11.8 Å². The van der Waals surface area contributed by atoms with Gasteiger partial charge in [-0.05, 0) is 32.0 Å². The third-order valence-electron chi connectivity index (χ3n) is 4.38. The second-order valence-electron chi connectivity index (χ2n) is 6.29. The second-order valence-corrected chi connectivity index (χ2v) is 6.29. The summed E-state index contributed by atoms with van der Waals surface area (Å²) in [6.07, 6.45) is -0.343. The zero-order valence-corrected chi connectivity index (χ0v) is 15.6. The van der Waals surface area contributed by atoms with Gasteiger partial charge in [0.15, 0.2) is 6.10 Å². The lowest BCUT2D eigenvalue weighted by molar-refractivity contribution is -0.125. The molecule has 1 aliphatic rings. The van der Waals surface area contributed by atoms with Gasteiger partial charge in [-0.1, -0.05) is 30.3 Å². The third kappa shape index (κ3) is 4.39. The van der Waals surface area contributed by atoms with Crippen LogP contribution in [0.1, 0.15) is 25.8 Å². The fourth-order valence-corrected chi connectivity index (χ4v) is 3.03. The molecule has 0 saturated carbocycles. The van der Waals surface area contributed by atoms with Gasteiger partial charge in [0.2, 0.25) is 5.91 Å². The molecule has 142 valence electrons. The van der Waals surface area contributed by atoms with Gasteiger partial charge in [-0.25, -0.2) is 0 Å². The molecule has 0 saturated heterocycles. The summed E-state index contributed by atoms with van der Waals surface area (Å²) in [6, 6.07) is 15.0. The average Bonchev–Trinajstić information content (AvgIpc) is 2.68. The Labute approximate surface area is 159 Å². The van der Waals surface area contributed by atoms with Crippen LogP contribution < -0.4 is 19.7 Å². The Hall–Kier alpha value is -3.02. The molecule has 2 aromatic rings. The van der Waals surface area contributed by atoms with Crippen LogP contribution in [0.5, 0.6) is 11.5 Å². The van der Waals surface area contributed by atoms with Gasteiger partial charge in [-0.15, -0.1) is 0 Å². The van der Waals surface area contributed by atoms with Crippen molar-refractivity contribution >= 4 is 17.5 Å². The fraction of sp³-hybridized carbons (Fsp3) is 0.333. The van der Waals surface area contributed by atoms with Crippen LogP contribution in [-0.2, 0) is 16.1 Å². The highest BCUT2D eigenvalue weighted by molar-refractivity contribution is 6.00. The molecule has 2 aromatic carbocycles. The summed E-state index contributed by atoms with van der Waals surface area (Å²) in [5.41, 5.74) is 1.63. The molecule has 1 unspecified atom stereocenters.